The minimum absolute atomic E-state index is 0.111. The molecule has 0 aliphatic carbocycles. The van der Waals surface area contributed by atoms with E-state index in [1.165, 1.54) is 0 Å². The molecule has 25 heavy (non-hydrogen) atoms. The number of hydrogen-bond donors (Lipinski definition) is 2. The smallest absolute Gasteiger partial charge is 0.241 e. The Morgan fingerprint density at radius 1 is 1.32 bits per heavy atom. The first-order valence-electron chi connectivity index (χ1n) is 8.31. The van der Waals surface area contributed by atoms with Crippen molar-refractivity contribution in [1.29, 1.82) is 0 Å². The van der Waals surface area contributed by atoms with Crippen LogP contribution in [0.5, 0.6) is 11.5 Å². The third-order valence-corrected chi connectivity index (χ3v) is 4.11. The van der Waals surface area contributed by atoms with Gasteiger partial charge in [0.05, 0.1) is 13.2 Å². The van der Waals surface area contributed by atoms with Crippen molar-refractivity contribution in [2.75, 3.05) is 12.4 Å². The fourth-order valence-electron chi connectivity index (χ4n) is 2.25. The fourth-order valence-corrected chi connectivity index (χ4v) is 2.25. The molecule has 0 radical (unpaired) electrons. The van der Waals surface area contributed by atoms with Gasteiger partial charge in [0.25, 0.3) is 0 Å². The Morgan fingerprint density at radius 2 is 2.12 bits per heavy atom. The molecule has 1 heterocycles. The summed E-state index contributed by atoms with van der Waals surface area (Å²) in [5.74, 6) is 1.03. The molecule has 0 aliphatic heterocycles. The molecular weight excluding hydrogens is 318 g/mol. The highest BCUT2D eigenvalue weighted by molar-refractivity contribution is 5.95. The Labute approximate surface area is 148 Å². The van der Waals surface area contributed by atoms with Crippen molar-refractivity contribution in [3.8, 4) is 11.5 Å². The van der Waals surface area contributed by atoms with E-state index >= 15 is 0 Å². The van der Waals surface area contributed by atoms with E-state index in [0.29, 0.717) is 23.8 Å². The molecule has 0 spiro atoms. The predicted octanol–water partition coefficient (Wildman–Crippen LogP) is 2.98. The number of amides is 1. The number of anilines is 1. The molecule has 2 unspecified atom stereocenters. The summed E-state index contributed by atoms with van der Waals surface area (Å²) in [6.07, 6.45) is 4.29. The van der Waals surface area contributed by atoms with E-state index in [2.05, 4.69) is 10.3 Å². The molecule has 0 saturated carbocycles. The summed E-state index contributed by atoms with van der Waals surface area (Å²) in [6.45, 7) is 4.32. The number of rotatable bonds is 8. The predicted molar refractivity (Wildman–Crippen MR) is 97.6 cm³/mol. The van der Waals surface area contributed by atoms with E-state index in [9.17, 15) is 4.79 Å². The average Bonchev–Trinajstić information content (AvgIpc) is 2.66. The van der Waals surface area contributed by atoms with Crippen molar-refractivity contribution in [2.24, 2.45) is 11.7 Å². The molecular formula is C19H25N3O3. The van der Waals surface area contributed by atoms with E-state index in [4.69, 9.17) is 15.2 Å². The molecule has 0 fully saturated rings. The quantitative estimate of drug-likeness (QED) is 0.769. The van der Waals surface area contributed by atoms with Crippen molar-refractivity contribution in [2.45, 2.75) is 32.9 Å². The zero-order chi connectivity index (χ0) is 18.2. The van der Waals surface area contributed by atoms with Crippen molar-refractivity contribution in [1.82, 2.24) is 4.98 Å². The summed E-state index contributed by atoms with van der Waals surface area (Å²) in [7, 11) is 1.57. The van der Waals surface area contributed by atoms with E-state index in [1.807, 2.05) is 26.0 Å². The molecule has 2 rings (SSSR count). The first kappa shape index (κ1) is 18.7. The van der Waals surface area contributed by atoms with Crippen LogP contribution in [0.3, 0.4) is 0 Å². The maximum absolute atomic E-state index is 12.2. The topological polar surface area (TPSA) is 86.5 Å². The van der Waals surface area contributed by atoms with Gasteiger partial charge >= 0.3 is 0 Å². The summed E-state index contributed by atoms with van der Waals surface area (Å²) in [5.41, 5.74) is 7.53. The second-order valence-corrected chi connectivity index (χ2v) is 5.92. The van der Waals surface area contributed by atoms with Gasteiger partial charge in [-0.3, -0.25) is 9.78 Å². The minimum atomic E-state index is -0.549. The largest absolute Gasteiger partial charge is 0.493 e. The number of nitrogens with two attached hydrogens (primary N) is 1. The van der Waals surface area contributed by atoms with Gasteiger partial charge in [-0.05, 0) is 24.1 Å². The van der Waals surface area contributed by atoms with Crippen LogP contribution in [-0.2, 0) is 11.4 Å². The van der Waals surface area contributed by atoms with Crippen molar-refractivity contribution in [3.05, 3.63) is 48.3 Å². The average molecular weight is 343 g/mol. The summed E-state index contributed by atoms with van der Waals surface area (Å²) in [5, 5.41) is 2.83. The minimum Gasteiger partial charge on any atom is -0.493 e. The SMILES string of the molecule is CCC(C)C(N)C(=O)Nc1ccc(OC)c(OCc2cccnc2)c1. The zero-order valence-electron chi connectivity index (χ0n) is 14.9. The monoisotopic (exact) mass is 343 g/mol. The number of aromatic nitrogens is 1. The molecule has 1 amide bonds. The van der Waals surface area contributed by atoms with E-state index in [-0.39, 0.29) is 11.8 Å². The highest BCUT2D eigenvalue weighted by Gasteiger charge is 2.20. The van der Waals surface area contributed by atoms with E-state index in [0.717, 1.165) is 12.0 Å². The second kappa shape index (κ2) is 9.03. The lowest BCUT2D eigenvalue weighted by Gasteiger charge is -2.18. The molecule has 1 aromatic heterocycles. The Balaban J connectivity index is 2.09. The van der Waals surface area contributed by atoms with Gasteiger partial charge in [-0.1, -0.05) is 26.3 Å². The Hall–Kier alpha value is -2.60. The lowest BCUT2D eigenvalue weighted by atomic mass is 9.99. The summed E-state index contributed by atoms with van der Waals surface area (Å²) < 4.78 is 11.1. The highest BCUT2D eigenvalue weighted by Crippen LogP contribution is 2.31. The number of ether oxygens (including phenoxy) is 2. The lowest BCUT2D eigenvalue weighted by molar-refractivity contribution is -0.118. The number of carbonyl (C=O) groups excluding carboxylic acids is 1. The molecule has 134 valence electrons. The molecule has 0 bridgehead atoms. The van der Waals surface area contributed by atoms with Gasteiger partial charge < -0.3 is 20.5 Å². The van der Waals surface area contributed by atoms with E-state index < -0.39 is 6.04 Å². The van der Waals surface area contributed by atoms with Crippen LogP contribution in [0, 0.1) is 5.92 Å². The number of nitrogens with zero attached hydrogens (tertiary/aromatic N) is 1. The molecule has 2 atom stereocenters. The van der Waals surface area contributed by atoms with Gasteiger partial charge in [-0.2, -0.15) is 0 Å². The molecule has 6 heteroatoms. The Bertz CT molecular complexity index is 692. The van der Waals surface area contributed by atoms with Crippen LogP contribution in [0.15, 0.2) is 42.7 Å². The van der Waals surface area contributed by atoms with Crippen LogP contribution in [-0.4, -0.2) is 24.0 Å². The van der Waals surface area contributed by atoms with Crippen LogP contribution >= 0.6 is 0 Å². The number of nitrogens with one attached hydrogen (secondary N) is 1. The first-order chi connectivity index (χ1) is 12.0. The molecule has 6 nitrogen and oxygen atoms in total. The standard InChI is InChI=1S/C19H25N3O3/c1-4-13(2)18(20)19(23)22-15-7-8-16(24-3)17(10-15)25-12-14-6-5-9-21-11-14/h5-11,13,18H,4,12,20H2,1-3H3,(H,22,23). The van der Waals surface area contributed by atoms with Crippen molar-refractivity contribution < 1.29 is 14.3 Å². The van der Waals surface area contributed by atoms with Gasteiger partial charge in [-0.15, -0.1) is 0 Å². The summed E-state index contributed by atoms with van der Waals surface area (Å²) in [4.78, 5) is 16.3. The number of carbonyl (C=O) groups is 1. The molecule has 1 aromatic carbocycles. The number of pyridine rings is 1. The van der Waals surface area contributed by atoms with Gasteiger partial charge in [0.1, 0.15) is 6.61 Å². The normalized spacial score (nSPS) is 13.0. The zero-order valence-corrected chi connectivity index (χ0v) is 14.9. The van der Waals surface area contributed by atoms with Gasteiger partial charge in [0.15, 0.2) is 11.5 Å². The fraction of sp³-hybridized carbons (Fsp3) is 0.368. The van der Waals surface area contributed by atoms with Crippen LogP contribution in [0.1, 0.15) is 25.8 Å². The Morgan fingerprint density at radius 3 is 2.76 bits per heavy atom. The van der Waals surface area contributed by atoms with Gasteiger partial charge in [0.2, 0.25) is 5.91 Å². The third kappa shape index (κ3) is 5.19. The van der Waals surface area contributed by atoms with Crippen LogP contribution in [0.2, 0.25) is 0 Å². The maximum Gasteiger partial charge on any atom is 0.241 e. The van der Waals surface area contributed by atoms with E-state index in [1.54, 1.807) is 37.7 Å². The molecule has 2 aromatic rings. The van der Waals surface area contributed by atoms with Gasteiger partial charge in [-0.25, -0.2) is 0 Å². The third-order valence-electron chi connectivity index (χ3n) is 4.11. The molecule has 0 saturated heterocycles. The lowest BCUT2D eigenvalue weighted by Crippen LogP contribution is -2.40. The number of hydrogen-bond acceptors (Lipinski definition) is 5. The Kier molecular flexibility index (Phi) is 6.77. The van der Waals surface area contributed by atoms with Crippen LogP contribution < -0.4 is 20.5 Å². The van der Waals surface area contributed by atoms with Crippen molar-refractivity contribution in [3.63, 3.8) is 0 Å². The number of methoxy groups -OCH3 is 1. The van der Waals surface area contributed by atoms with Crippen LogP contribution in [0.4, 0.5) is 5.69 Å². The first-order valence-corrected chi connectivity index (χ1v) is 8.31. The summed E-state index contributed by atoms with van der Waals surface area (Å²) in [6, 6.07) is 8.47. The second-order valence-electron chi connectivity index (χ2n) is 5.92. The van der Waals surface area contributed by atoms with Crippen molar-refractivity contribution >= 4 is 11.6 Å². The van der Waals surface area contributed by atoms with Gasteiger partial charge in [0, 0.05) is 29.7 Å². The molecule has 0 aliphatic rings. The maximum atomic E-state index is 12.2. The van der Waals surface area contributed by atoms with Crippen LogP contribution in [0.25, 0.3) is 0 Å². The highest BCUT2D eigenvalue weighted by atomic mass is 16.5. The summed E-state index contributed by atoms with van der Waals surface area (Å²) >= 11 is 0. The molecule has 3 N–H and O–H groups in total. The number of benzene rings is 1.